The Morgan fingerprint density at radius 1 is 1.42 bits per heavy atom. The van der Waals surface area contributed by atoms with Crippen molar-refractivity contribution >= 4 is 45.5 Å². The summed E-state index contributed by atoms with van der Waals surface area (Å²) in [6.07, 6.45) is 2.28. The number of amides is 1. The maximum Gasteiger partial charge on any atom is 0.328 e. The Hall–Kier alpha value is -2.74. The molecule has 2 heterocycles. The molecule has 136 valence electrons. The van der Waals surface area contributed by atoms with Crippen LogP contribution >= 0.6 is 11.3 Å². The predicted octanol–water partition coefficient (Wildman–Crippen LogP) is 2.30. The van der Waals surface area contributed by atoms with E-state index in [4.69, 9.17) is 4.74 Å². The van der Waals surface area contributed by atoms with Gasteiger partial charge in [0.15, 0.2) is 0 Å². The first-order valence-electron chi connectivity index (χ1n) is 8.25. The number of guanidine groups is 1. The summed E-state index contributed by atoms with van der Waals surface area (Å²) >= 11 is 1.54. The minimum absolute atomic E-state index is 0.260. The number of fused-ring (bicyclic) bond motifs is 1. The molecule has 8 heteroatoms. The van der Waals surface area contributed by atoms with Crippen LogP contribution in [0.25, 0.3) is 16.3 Å². The van der Waals surface area contributed by atoms with Crippen molar-refractivity contribution in [2.24, 2.45) is 10.9 Å². The zero-order valence-electron chi connectivity index (χ0n) is 14.8. The average Bonchev–Trinajstić information content (AvgIpc) is 3.19. The first-order chi connectivity index (χ1) is 12.5. The van der Waals surface area contributed by atoms with Crippen molar-refractivity contribution in [3.05, 3.63) is 35.0 Å². The van der Waals surface area contributed by atoms with Crippen LogP contribution in [0.1, 0.15) is 25.8 Å². The summed E-state index contributed by atoms with van der Waals surface area (Å²) in [7, 11) is 1.34. The molecule has 0 spiro atoms. The number of methoxy groups -OCH3 is 1. The lowest BCUT2D eigenvalue weighted by molar-refractivity contribution is -0.143. The van der Waals surface area contributed by atoms with Gasteiger partial charge in [0.1, 0.15) is 11.7 Å². The van der Waals surface area contributed by atoms with Crippen molar-refractivity contribution in [1.29, 1.82) is 0 Å². The molecule has 0 radical (unpaired) electrons. The van der Waals surface area contributed by atoms with Crippen LogP contribution < -0.4 is 10.6 Å². The molecule has 1 aromatic carbocycles. The van der Waals surface area contributed by atoms with Crippen LogP contribution in [0.15, 0.2) is 34.4 Å². The van der Waals surface area contributed by atoms with Crippen LogP contribution in [0.4, 0.5) is 0 Å². The molecule has 1 aliphatic heterocycles. The zero-order chi connectivity index (χ0) is 18.7. The van der Waals surface area contributed by atoms with Crippen molar-refractivity contribution in [2.45, 2.75) is 26.3 Å². The Morgan fingerprint density at radius 3 is 2.96 bits per heavy atom. The molecular formula is C18H20N4O3S. The monoisotopic (exact) mass is 372 g/mol. The third-order valence-electron chi connectivity index (χ3n) is 3.86. The molecule has 0 fully saturated rings. The van der Waals surface area contributed by atoms with Gasteiger partial charge in [-0.05, 0) is 36.1 Å². The maximum absolute atomic E-state index is 12.2. The fourth-order valence-corrected chi connectivity index (χ4v) is 3.37. The van der Waals surface area contributed by atoms with E-state index < -0.39 is 6.04 Å². The third kappa shape index (κ3) is 4.08. The number of aliphatic imine (C=N–C) groups is 1. The first-order valence-corrected chi connectivity index (χ1v) is 9.13. The molecule has 1 atom stereocenters. The van der Waals surface area contributed by atoms with E-state index in [0.717, 1.165) is 15.8 Å². The summed E-state index contributed by atoms with van der Waals surface area (Å²) < 4.78 is 5.86. The van der Waals surface area contributed by atoms with E-state index in [9.17, 15) is 9.59 Å². The van der Waals surface area contributed by atoms with Crippen molar-refractivity contribution in [3.8, 4) is 0 Å². The highest BCUT2D eigenvalue weighted by atomic mass is 32.1. The highest BCUT2D eigenvalue weighted by Crippen LogP contribution is 2.21. The lowest BCUT2D eigenvalue weighted by atomic mass is 10.0. The van der Waals surface area contributed by atoms with Crippen LogP contribution in [0.2, 0.25) is 0 Å². The van der Waals surface area contributed by atoms with Gasteiger partial charge in [-0.25, -0.2) is 14.8 Å². The Balaban J connectivity index is 1.79. The fraction of sp³-hybridized carbons (Fsp3) is 0.333. The number of carbonyl (C=O) groups is 2. The SMILES string of the molecule is COC(=O)[C@@H](CC(C)C)NC1=N/C(=C\c2ccc3ncsc3c2)C(=O)N1. The Labute approximate surface area is 155 Å². The van der Waals surface area contributed by atoms with Gasteiger partial charge in [0, 0.05) is 0 Å². The summed E-state index contributed by atoms with van der Waals surface area (Å²) in [6, 6.07) is 5.19. The number of esters is 1. The summed E-state index contributed by atoms with van der Waals surface area (Å²) in [5.74, 6) is -0.157. The number of hydrogen-bond acceptors (Lipinski definition) is 7. The Bertz CT molecular complexity index is 901. The highest BCUT2D eigenvalue weighted by Gasteiger charge is 2.26. The molecule has 0 unspecified atom stereocenters. The van der Waals surface area contributed by atoms with Gasteiger partial charge in [-0.15, -0.1) is 11.3 Å². The van der Waals surface area contributed by atoms with E-state index in [1.54, 1.807) is 22.9 Å². The largest absolute Gasteiger partial charge is 0.467 e. The molecule has 26 heavy (non-hydrogen) atoms. The topological polar surface area (TPSA) is 92.7 Å². The predicted molar refractivity (Wildman–Crippen MR) is 102 cm³/mol. The summed E-state index contributed by atoms with van der Waals surface area (Å²) in [6.45, 7) is 4.02. The van der Waals surface area contributed by atoms with Gasteiger partial charge >= 0.3 is 5.97 Å². The number of benzene rings is 1. The van der Waals surface area contributed by atoms with Crippen LogP contribution in [0.3, 0.4) is 0 Å². The quantitative estimate of drug-likeness (QED) is 0.621. The van der Waals surface area contributed by atoms with Crippen LogP contribution in [-0.4, -0.2) is 36.0 Å². The number of ether oxygens (including phenoxy) is 1. The molecule has 7 nitrogen and oxygen atoms in total. The van der Waals surface area contributed by atoms with Crippen LogP contribution in [0, 0.1) is 5.92 Å². The summed E-state index contributed by atoms with van der Waals surface area (Å²) in [5, 5.41) is 5.62. The van der Waals surface area contributed by atoms with Gasteiger partial charge in [0.05, 0.1) is 22.8 Å². The van der Waals surface area contributed by atoms with Gasteiger partial charge in [-0.3, -0.25) is 10.1 Å². The molecule has 3 rings (SSSR count). The molecule has 0 saturated carbocycles. The van der Waals surface area contributed by atoms with E-state index in [1.165, 1.54) is 7.11 Å². The molecule has 2 N–H and O–H groups in total. The van der Waals surface area contributed by atoms with E-state index in [0.29, 0.717) is 6.42 Å². The second kappa shape index (κ2) is 7.65. The van der Waals surface area contributed by atoms with Crippen molar-refractivity contribution in [3.63, 3.8) is 0 Å². The maximum atomic E-state index is 12.2. The normalized spacial score (nSPS) is 16.7. The molecule has 0 bridgehead atoms. The lowest BCUT2D eigenvalue weighted by Gasteiger charge is -2.18. The molecule has 2 aromatic rings. The van der Waals surface area contributed by atoms with Crippen molar-refractivity contribution < 1.29 is 14.3 Å². The molecule has 1 aliphatic rings. The fourth-order valence-electron chi connectivity index (χ4n) is 2.65. The van der Waals surface area contributed by atoms with Gasteiger partial charge in [-0.2, -0.15) is 0 Å². The van der Waals surface area contributed by atoms with Crippen LogP contribution in [0.5, 0.6) is 0 Å². The van der Waals surface area contributed by atoms with Gasteiger partial charge in [0.25, 0.3) is 5.91 Å². The van der Waals surface area contributed by atoms with Crippen molar-refractivity contribution in [2.75, 3.05) is 7.11 Å². The average molecular weight is 372 g/mol. The number of thiazole rings is 1. The molecule has 0 aliphatic carbocycles. The number of hydrogen-bond donors (Lipinski definition) is 2. The molecule has 0 saturated heterocycles. The number of aromatic nitrogens is 1. The van der Waals surface area contributed by atoms with E-state index in [1.807, 2.05) is 32.0 Å². The Morgan fingerprint density at radius 2 is 2.23 bits per heavy atom. The zero-order valence-corrected chi connectivity index (χ0v) is 15.6. The summed E-state index contributed by atoms with van der Waals surface area (Å²) in [5.41, 5.74) is 3.85. The standard InChI is InChI=1S/C18H20N4O3S/c1-10(2)6-14(17(24)25-3)21-18-20-13(16(23)22-18)7-11-4-5-12-15(8-11)26-9-19-12/h4-5,7-10,14H,6H2,1-3H3,(H2,20,21,22,23)/b13-7-/t14-/m1/s1. The van der Waals surface area contributed by atoms with Gasteiger partial charge in [-0.1, -0.05) is 19.9 Å². The number of nitrogens with one attached hydrogen (secondary N) is 2. The van der Waals surface area contributed by atoms with E-state index >= 15 is 0 Å². The molecule has 1 aromatic heterocycles. The third-order valence-corrected chi connectivity index (χ3v) is 4.65. The van der Waals surface area contributed by atoms with Crippen LogP contribution in [-0.2, 0) is 14.3 Å². The second-order valence-corrected chi connectivity index (χ2v) is 7.26. The summed E-state index contributed by atoms with van der Waals surface area (Å²) in [4.78, 5) is 32.6. The smallest absolute Gasteiger partial charge is 0.328 e. The number of nitrogens with zero attached hydrogens (tertiary/aromatic N) is 2. The first kappa shape index (κ1) is 18.1. The van der Waals surface area contributed by atoms with E-state index in [-0.39, 0.29) is 29.5 Å². The minimum atomic E-state index is -0.563. The van der Waals surface area contributed by atoms with Crippen molar-refractivity contribution in [1.82, 2.24) is 15.6 Å². The van der Waals surface area contributed by atoms with E-state index in [2.05, 4.69) is 20.6 Å². The Kier molecular flexibility index (Phi) is 5.32. The van der Waals surface area contributed by atoms with Gasteiger partial charge in [0.2, 0.25) is 5.96 Å². The number of carbonyl (C=O) groups excluding carboxylic acids is 2. The molecule has 1 amide bonds. The molecular weight excluding hydrogens is 352 g/mol. The second-order valence-electron chi connectivity index (χ2n) is 6.37. The minimum Gasteiger partial charge on any atom is -0.467 e. The number of rotatable bonds is 5. The highest BCUT2D eigenvalue weighted by molar-refractivity contribution is 7.16. The lowest BCUT2D eigenvalue weighted by Crippen LogP contribution is -2.47. The van der Waals surface area contributed by atoms with Gasteiger partial charge < -0.3 is 10.1 Å².